The predicted octanol–water partition coefficient (Wildman–Crippen LogP) is 1.01. The monoisotopic (exact) mass is 551 g/mol. The molecule has 0 bridgehead atoms. The van der Waals surface area contributed by atoms with Crippen LogP contribution < -0.4 is 20.0 Å². The van der Waals surface area contributed by atoms with Crippen molar-refractivity contribution >= 4 is 13.7 Å². The van der Waals surface area contributed by atoms with Crippen LogP contribution in [0, 0.1) is 12.3 Å². The van der Waals surface area contributed by atoms with E-state index in [2.05, 4.69) is 16.0 Å². The molecule has 206 valence electrons. The number of aliphatic hydroxyl groups excluding tert-OH is 1. The molecule has 1 aromatic carbocycles. The standard InChI is InChI=1S/C24H30N3O10P/c1-6-24(31)20(28)18(36-22(24)27-13-12-19(33-5)25-23(27)30)14-34-38(32,37-17-10-8-7-9-11-17)26-16(4)21(29)35-15(2)3/h1,7-13,15-16,18,20,22,28,31H,14H2,2-5H3,(H,26,32)/t16-,18+,20+,22+,24+,38?/m0/s1. The number of nitrogens with zero attached hydrogens (tertiary/aromatic N) is 2. The van der Waals surface area contributed by atoms with Crippen LogP contribution >= 0.6 is 7.75 Å². The Morgan fingerprint density at radius 3 is 2.58 bits per heavy atom. The van der Waals surface area contributed by atoms with Crippen LogP contribution in [0.3, 0.4) is 0 Å². The maximum absolute atomic E-state index is 13.7. The van der Waals surface area contributed by atoms with E-state index < -0.39 is 62.2 Å². The molecular weight excluding hydrogens is 521 g/mol. The van der Waals surface area contributed by atoms with E-state index in [9.17, 15) is 24.4 Å². The summed E-state index contributed by atoms with van der Waals surface area (Å²) in [6, 6.07) is 8.25. The molecule has 2 aromatic rings. The topological polar surface area (TPSA) is 168 Å². The first kappa shape index (κ1) is 29.3. The van der Waals surface area contributed by atoms with E-state index in [1.54, 1.807) is 32.0 Å². The molecule has 38 heavy (non-hydrogen) atoms. The number of nitrogens with one attached hydrogen (secondary N) is 1. The van der Waals surface area contributed by atoms with E-state index in [4.69, 9.17) is 29.7 Å². The summed E-state index contributed by atoms with van der Waals surface area (Å²) < 4.78 is 41.4. The highest BCUT2D eigenvalue weighted by Crippen LogP contribution is 2.46. The minimum Gasteiger partial charge on any atom is -0.481 e. The molecule has 0 saturated carbocycles. The zero-order valence-corrected chi connectivity index (χ0v) is 22.1. The fourth-order valence-electron chi connectivity index (χ4n) is 3.53. The number of carbonyl (C=O) groups excluding carboxylic acids is 1. The number of carbonyl (C=O) groups is 1. The molecule has 2 heterocycles. The van der Waals surface area contributed by atoms with Crippen LogP contribution in [-0.4, -0.2) is 69.4 Å². The Balaban J connectivity index is 1.83. The van der Waals surface area contributed by atoms with Crippen LogP contribution in [0.25, 0.3) is 0 Å². The molecule has 1 aliphatic rings. The Morgan fingerprint density at radius 2 is 2.00 bits per heavy atom. The molecule has 1 fully saturated rings. The van der Waals surface area contributed by atoms with Crippen LogP contribution in [0.15, 0.2) is 47.4 Å². The normalized spacial score (nSPS) is 25.3. The number of hydrogen-bond donors (Lipinski definition) is 3. The number of aromatic nitrogens is 2. The van der Waals surface area contributed by atoms with Gasteiger partial charge in [-0.25, -0.2) is 9.36 Å². The van der Waals surface area contributed by atoms with Gasteiger partial charge in [0, 0.05) is 12.3 Å². The molecule has 3 rings (SSSR count). The average molecular weight is 551 g/mol. The van der Waals surface area contributed by atoms with Crippen molar-refractivity contribution < 1.29 is 42.8 Å². The van der Waals surface area contributed by atoms with Crippen LogP contribution in [-0.2, 0) is 23.4 Å². The van der Waals surface area contributed by atoms with Crippen molar-refractivity contribution in [1.82, 2.24) is 14.6 Å². The highest BCUT2D eigenvalue weighted by molar-refractivity contribution is 7.52. The molecule has 3 N–H and O–H groups in total. The smallest absolute Gasteiger partial charge is 0.459 e. The van der Waals surface area contributed by atoms with Crippen molar-refractivity contribution in [2.75, 3.05) is 13.7 Å². The van der Waals surface area contributed by atoms with Crippen molar-refractivity contribution in [3.63, 3.8) is 0 Å². The van der Waals surface area contributed by atoms with Gasteiger partial charge in [-0.3, -0.25) is 13.9 Å². The highest BCUT2D eigenvalue weighted by Gasteiger charge is 2.56. The van der Waals surface area contributed by atoms with Gasteiger partial charge in [-0.05, 0) is 32.9 Å². The van der Waals surface area contributed by atoms with Crippen molar-refractivity contribution in [2.45, 2.75) is 57.0 Å². The Morgan fingerprint density at radius 1 is 1.32 bits per heavy atom. The Labute approximate surface area is 219 Å². The van der Waals surface area contributed by atoms with Gasteiger partial charge in [-0.2, -0.15) is 10.1 Å². The number of para-hydroxylation sites is 1. The third kappa shape index (κ3) is 6.60. The van der Waals surface area contributed by atoms with Crippen LogP contribution in [0.2, 0.25) is 0 Å². The fourth-order valence-corrected chi connectivity index (χ4v) is 5.04. The fraction of sp³-hybridized carbons (Fsp3) is 0.458. The van der Waals surface area contributed by atoms with Gasteiger partial charge in [0.25, 0.3) is 0 Å². The third-order valence-electron chi connectivity index (χ3n) is 5.42. The predicted molar refractivity (Wildman–Crippen MR) is 133 cm³/mol. The molecule has 0 amide bonds. The lowest BCUT2D eigenvalue weighted by molar-refractivity contribution is -0.149. The number of methoxy groups -OCH3 is 1. The lowest BCUT2D eigenvalue weighted by atomic mass is 9.95. The second kappa shape index (κ2) is 12.1. The van der Waals surface area contributed by atoms with Gasteiger partial charge in [-0.1, -0.05) is 24.1 Å². The van der Waals surface area contributed by atoms with Gasteiger partial charge in [-0.15, -0.1) is 6.42 Å². The lowest BCUT2D eigenvalue weighted by Gasteiger charge is -2.26. The first-order valence-corrected chi connectivity index (χ1v) is 13.1. The van der Waals surface area contributed by atoms with Crippen molar-refractivity contribution in [3.05, 3.63) is 53.1 Å². The van der Waals surface area contributed by atoms with Gasteiger partial charge in [0.15, 0.2) is 11.8 Å². The molecule has 14 heteroatoms. The van der Waals surface area contributed by atoms with E-state index in [0.717, 1.165) is 4.57 Å². The first-order valence-electron chi connectivity index (χ1n) is 11.6. The molecule has 1 aliphatic heterocycles. The summed E-state index contributed by atoms with van der Waals surface area (Å²) in [5, 5.41) is 24.3. The SMILES string of the molecule is C#C[C@@]1(O)[C@H](O)[C@@H](COP(=O)(N[C@@H](C)C(=O)OC(C)C)Oc2ccccc2)O[C@H]1n1ccc(OC)nc1=O. The summed E-state index contributed by atoms with van der Waals surface area (Å²) in [5.74, 6) is 1.53. The van der Waals surface area contributed by atoms with Gasteiger partial charge in [0.05, 0.1) is 19.8 Å². The van der Waals surface area contributed by atoms with Crippen LogP contribution in [0.1, 0.15) is 27.0 Å². The van der Waals surface area contributed by atoms with Crippen molar-refractivity contribution in [3.8, 4) is 24.0 Å². The van der Waals surface area contributed by atoms with Gasteiger partial charge < -0.3 is 28.9 Å². The van der Waals surface area contributed by atoms with E-state index in [-0.39, 0.29) is 11.6 Å². The van der Waals surface area contributed by atoms with Gasteiger partial charge >= 0.3 is 19.4 Å². The Bertz CT molecular complexity index is 1260. The van der Waals surface area contributed by atoms with E-state index >= 15 is 0 Å². The summed E-state index contributed by atoms with van der Waals surface area (Å²) in [6.07, 6.45) is 1.59. The molecular formula is C24H30N3O10P. The molecule has 1 unspecified atom stereocenters. The number of hydrogen-bond acceptors (Lipinski definition) is 11. The molecule has 1 aromatic heterocycles. The molecule has 0 spiro atoms. The summed E-state index contributed by atoms with van der Waals surface area (Å²) in [5.41, 5.74) is -3.24. The number of rotatable bonds is 11. The zero-order valence-electron chi connectivity index (χ0n) is 21.2. The summed E-state index contributed by atoms with van der Waals surface area (Å²) in [7, 11) is -2.99. The molecule has 13 nitrogen and oxygen atoms in total. The van der Waals surface area contributed by atoms with E-state index in [1.165, 1.54) is 38.4 Å². The Kier molecular flexibility index (Phi) is 9.32. The average Bonchev–Trinajstić information content (AvgIpc) is 3.13. The number of benzene rings is 1. The minimum absolute atomic E-state index is 0.0177. The molecule has 0 aliphatic carbocycles. The van der Waals surface area contributed by atoms with E-state index in [0.29, 0.717) is 0 Å². The second-order valence-electron chi connectivity index (χ2n) is 8.64. The first-order chi connectivity index (χ1) is 17.9. The number of terminal acetylenes is 1. The maximum atomic E-state index is 13.7. The van der Waals surface area contributed by atoms with Crippen molar-refractivity contribution in [2.24, 2.45) is 0 Å². The molecule has 0 radical (unpaired) electrons. The van der Waals surface area contributed by atoms with Gasteiger partial charge in [0.2, 0.25) is 5.88 Å². The number of esters is 1. The van der Waals surface area contributed by atoms with Crippen molar-refractivity contribution in [1.29, 1.82) is 0 Å². The van der Waals surface area contributed by atoms with E-state index in [1.807, 2.05) is 0 Å². The van der Waals surface area contributed by atoms with Crippen LogP contribution in [0.5, 0.6) is 11.6 Å². The second-order valence-corrected chi connectivity index (χ2v) is 10.3. The van der Waals surface area contributed by atoms with Gasteiger partial charge in [0.1, 0.15) is 24.0 Å². The summed E-state index contributed by atoms with van der Waals surface area (Å²) >= 11 is 0. The lowest BCUT2D eigenvalue weighted by Crippen LogP contribution is -2.47. The third-order valence-corrected chi connectivity index (χ3v) is 7.06. The maximum Gasteiger partial charge on any atom is 0.459 e. The number of ether oxygens (including phenoxy) is 3. The largest absolute Gasteiger partial charge is 0.481 e. The zero-order chi connectivity index (χ0) is 28.1. The molecule has 6 atom stereocenters. The highest BCUT2D eigenvalue weighted by atomic mass is 31.2. The van der Waals surface area contributed by atoms with Crippen LogP contribution in [0.4, 0.5) is 0 Å². The number of aliphatic hydroxyl groups is 2. The minimum atomic E-state index is -4.31. The summed E-state index contributed by atoms with van der Waals surface area (Å²) in [4.78, 5) is 28.5. The molecule has 1 saturated heterocycles. The quantitative estimate of drug-likeness (QED) is 0.206. The summed E-state index contributed by atoms with van der Waals surface area (Å²) in [6.45, 7) is 4.11. The Hall–Kier alpha value is -3.24.